The molecule has 0 unspecified atom stereocenters. The lowest BCUT2D eigenvalue weighted by Gasteiger charge is -2.13. The standard InChI is InChI=1S/C19H17F3N4O/c1-26-10-17(25-11-26)15-8-13(18(23)27)4-7-16(15)24-9-12-2-5-14(6-3-12)19(20,21)22/h2-8,10-11,24H,9H2,1H3,(H2,23,27). The van der Waals surface area contributed by atoms with Crippen molar-refractivity contribution in [1.82, 2.24) is 9.55 Å². The minimum Gasteiger partial charge on any atom is -0.380 e. The maximum absolute atomic E-state index is 12.7. The number of amides is 1. The van der Waals surface area contributed by atoms with Gasteiger partial charge in [0, 0.05) is 36.6 Å². The van der Waals surface area contributed by atoms with Gasteiger partial charge in [0.1, 0.15) is 0 Å². The number of hydrogen-bond acceptors (Lipinski definition) is 3. The third kappa shape index (κ3) is 4.28. The molecule has 140 valence electrons. The van der Waals surface area contributed by atoms with E-state index in [9.17, 15) is 18.0 Å². The van der Waals surface area contributed by atoms with E-state index in [-0.39, 0.29) is 0 Å². The number of nitrogens with zero attached hydrogens (tertiary/aromatic N) is 2. The summed E-state index contributed by atoms with van der Waals surface area (Å²) in [5.41, 5.74) is 7.72. The molecule has 0 aliphatic carbocycles. The molecule has 0 fully saturated rings. The summed E-state index contributed by atoms with van der Waals surface area (Å²) < 4.78 is 39.7. The van der Waals surface area contributed by atoms with Crippen LogP contribution in [0.3, 0.4) is 0 Å². The van der Waals surface area contributed by atoms with Crippen molar-refractivity contribution >= 4 is 11.6 Å². The SMILES string of the molecule is Cn1cnc(-c2cc(C(N)=O)ccc2NCc2ccc(C(F)(F)F)cc2)c1. The van der Waals surface area contributed by atoms with Gasteiger partial charge in [0.05, 0.1) is 17.6 Å². The second kappa shape index (κ2) is 7.14. The van der Waals surface area contributed by atoms with Gasteiger partial charge in [-0.05, 0) is 35.9 Å². The molecule has 27 heavy (non-hydrogen) atoms. The van der Waals surface area contributed by atoms with Crippen LogP contribution in [0.4, 0.5) is 18.9 Å². The number of anilines is 1. The summed E-state index contributed by atoms with van der Waals surface area (Å²) in [5, 5.41) is 3.18. The second-order valence-corrected chi connectivity index (χ2v) is 6.10. The zero-order valence-corrected chi connectivity index (χ0v) is 14.4. The highest BCUT2D eigenvalue weighted by molar-refractivity contribution is 5.95. The number of hydrogen-bond donors (Lipinski definition) is 2. The van der Waals surface area contributed by atoms with Crippen molar-refractivity contribution in [3.63, 3.8) is 0 Å². The molecule has 8 heteroatoms. The Morgan fingerprint density at radius 1 is 1.19 bits per heavy atom. The largest absolute Gasteiger partial charge is 0.416 e. The smallest absolute Gasteiger partial charge is 0.380 e. The lowest BCUT2D eigenvalue weighted by molar-refractivity contribution is -0.137. The van der Waals surface area contributed by atoms with Gasteiger partial charge in [0.25, 0.3) is 0 Å². The number of nitrogens with two attached hydrogens (primary N) is 1. The van der Waals surface area contributed by atoms with Crippen LogP contribution < -0.4 is 11.1 Å². The third-order valence-corrected chi connectivity index (χ3v) is 4.05. The van der Waals surface area contributed by atoms with Crippen LogP contribution in [0.15, 0.2) is 55.0 Å². The van der Waals surface area contributed by atoms with E-state index < -0.39 is 17.6 Å². The molecule has 0 aliphatic heterocycles. The maximum atomic E-state index is 12.7. The highest BCUT2D eigenvalue weighted by atomic mass is 19.4. The number of rotatable bonds is 5. The van der Waals surface area contributed by atoms with Crippen LogP contribution in [0.2, 0.25) is 0 Å². The maximum Gasteiger partial charge on any atom is 0.416 e. The summed E-state index contributed by atoms with van der Waals surface area (Å²) in [5.74, 6) is -0.554. The summed E-state index contributed by atoms with van der Waals surface area (Å²) in [6, 6.07) is 9.87. The van der Waals surface area contributed by atoms with E-state index in [1.54, 1.807) is 35.3 Å². The third-order valence-electron chi connectivity index (χ3n) is 4.05. The van der Waals surface area contributed by atoms with Gasteiger partial charge in [0.2, 0.25) is 5.91 Å². The van der Waals surface area contributed by atoms with Crippen molar-refractivity contribution in [2.45, 2.75) is 12.7 Å². The molecule has 3 rings (SSSR count). The van der Waals surface area contributed by atoms with Gasteiger partial charge in [-0.1, -0.05) is 12.1 Å². The average molecular weight is 374 g/mol. The number of alkyl halides is 3. The Labute approximate surface area is 153 Å². The molecule has 0 aliphatic rings. The minimum absolute atomic E-state index is 0.313. The zero-order chi connectivity index (χ0) is 19.6. The van der Waals surface area contributed by atoms with Crippen molar-refractivity contribution in [2.24, 2.45) is 12.8 Å². The Morgan fingerprint density at radius 2 is 1.89 bits per heavy atom. The lowest BCUT2D eigenvalue weighted by Crippen LogP contribution is -2.11. The molecular weight excluding hydrogens is 357 g/mol. The van der Waals surface area contributed by atoms with E-state index in [4.69, 9.17) is 5.73 Å². The monoisotopic (exact) mass is 374 g/mol. The molecule has 0 saturated heterocycles. The highest BCUT2D eigenvalue weighted by Crippen LogP contribution is 2.30. The number of aryl methyl sites for hydroxylation is 1. The van der Waals surface area contributed by atoms with Crippen molar-refractivity contribution in [2.75, 3.05) is 5.32 Å². The topological polar surface area (TPSA) is 72.9 Å². The predicted octanol–water partition coefficient (Wildman–Crippen LogP) is 3.82. The number of benzene rings is 2. The Kier molecular flexibility index (Phi) is 4.89. The molecule has 0 atom stereocenters. The normalized spacial score (nSPS) is 11.4. The lowest BCUT2D eigenvalue weighted by atomic mass is 10.0. The molecule has 0 bridgehead atoms. The summed E-state index contributed by atoms with van der Waals surface area (Å²) in [6.45, 7) is 0.313. The number of aromatic nitrogens is 2. The van der Waals surface area contributed by atoms with Crippen LogP contribution in [0.25, 0.3) is 11.3 Å². The van der Waals surface area contributed by atoms with Gasteiger partial charge in [-0.2, -0.15) is 13.2 Å². The van der Waals surface area contributed by atoms with Gasteiger partial charge >= 0.3 is 6.18 Å². The molecule has 1 heterocycles. The molecule has 0 saturated carbocycles. The van der Waals surface area contributed by atoms with Crippen LogP contribution in [0.5, 0.6) is 0 Å². The Bertz CT molecular complexity index is 962. The summed E-state index contributed by atoms with van der Waals surface area (Å²) in [7, 11) is 1.82. The number of halogens is 3. The van der Waals surface area contributed by atoms with Crippen molar-refractivity contribution < 1.29 is 18.0 Å². The van der Waals surface area contributed by atoms with E-state index in [0.29, 0.717) is 34.6 Å². The Hall–Kier alpha value is -3.29. The van der Waals surface area contributed by atoms with Crippen molar-refractivity contribution in [1.29, 1.82) is 0 Å². The van der Waals surface area contributed by atoms with E-state index >= 15 is 0 Å². The molecule has 0 spiro atoms. The minimum atomic E-state index is -4.36. The van der Waals surface area contributed by atoms with E-state index in [1.165, 1.54) is 12.1 Å². The first-order chi connectivity index (χ1) is 12.7. The predicted molar refractivity (Wildman–Crippen MR) is 95.9 cm³/mol. The fourth-order valence-corrected chi connectivity index (χ4v) is 2.62. The van der Waals surface area contributed by atoms with Gasteiger partial charge in [-0.15, -0.1) is 0 Å². The van der Waals surface area contributed by atoms with Gasteiger partial charge in [-0.25, -0.2) is 4.98 Å². The summed E-state index contributed by atoms with van der Waals surface area (Å²) >= 11 is 0. The molecule has 5 nitrogen and oxygen atoms in total. The fraction of sp³-hybridized carbons (Fsp3) is 0.158. The van der Waals surface area contributed by atoms with Gasteiger partial charge < -0.3 is 15.6 Å². The first kappa shape index (κ1) is 18.5. The zero-order valence-electron chi connectivity index (χ0n) is 14.4. The van der Waals surface area contributed by atoms with Crippen LogP contribution in [-0.2, 0) is 19.8 Å². The number of carbonyl (C=O) groups is 1. The Balaban J connectivity index is 1.85. The first-order valence-corrected chi connectivity index (χ1v) is 8.06. The molecule has 0 radical (unpaired) electrons. The van der Waals surface area contributed by atoms with Crippen molar-refractivity contribution in [3.8, 4) is 11.3 Å². The van der Waals surface area contributed by atoms with Crippen LogP contribution in [0.1, 0.15) is 21.5 Å². The number of nitrogens with one attached hydrogen (secondary N) is 1. The van der Waals surface area contributed by atoms with Gasteiger partial charge in [-0.3, -0.25) is 4.79 Å². The molecule has 1 aromatic heterocycles. The van der Waals surface area contributed by atoms with Gasteiger partial charge in [0.15, 0.2) is 0 Å². The average Bonchev–Trinajstić information content (AvgIpc) is 3.05. The first-order valence-electron chi connectivity index (χ1n) is 8.06. The number of imidazole rings is 1. The second-order valence-electron chi connectivity index (χ2n) is 6.10. The fourth-order valence-electron chi connectivity index (χ4n) is 2.62. The quantitative estimate of drug-likeness (QED) is 0.713. The van der Waals surface area contributed by atoms with E-state index in [2.05, 4.69) is 10.3 Å². The van der Waals surface area contributed by atoms with Crippen LogP contribution >= 0.6 is 0 Å². The number of carbonyl (C=O) groups excluding carboxylic acids is 1. The van der Waals surface area contributed by atoms with Crippen LogP contribution in [-0.4, -0.2) is 15.5 Å². The van der Waals surface area contributed by atoms with Crippen LogP contribution in [0, 0.1) is 0 Å². The van der Waals surface area contributed by atoms with E-state index in [1.807, 2.05) is 7.05 Å². The molecule has 3 aromatic rings. The molecular formula is C19H17F3N4O. The Morgan fingerprint density at radius 3 is 2.44 bits per heavy atom. The molecule has 2 aromatic carbocycles. The summed E-state index contributed by atoms with van der Waals surface area (Å²) in [4.78, 5) is 15.8. The number of primary amides is 1. The van der Waals surface area contributed by atoms with Crippen molar-refractivity contribution in [3.05, 3.63) is 71.7 Å². The highest BCUT2D eigenvalue weighted by Gasteiger charge is 2.29. The van der Waals surface area contributed by atoms with E-state index in [0.717, 1.165) is 12.1 Å². The summed E-state index contributed by atoms with van der Waals surface area (Å²) in [6.07, 6.45) is -0.933. The molecule has 3 N–H and O–H groups in total. The molecule has 1 amide bonds.